The minimum Gasteiger partial charge on any atom is -0.309 e. The number of para-hydroxylation sites is 2. The third-order valence-corrected chi connectivity index (χ3v) is 19.2. The molecule has 11 aromatic rings. The van der Waals surface area contributed by atoms with Crippen molar-refractivity contribution in [3.63, 3.8) is 0 Å². The molecule has 0 spiro atoms. The van der Waals surface area contributed by atoms with Gasteiger partial charge in [-0.3, -0.25) is 0 Å². The van der Waals surface area contributed by atoms with Crippen molar-refractivity contribution >= 4 is 50.6 Å². The van der Waals surface area contributed by atoms with Gasteiger partial charge >= 0.3 is 0 Å². The van der Waals surface area contributed by atoms with Crippen LogP contribution in [0, 0.1) is 0 Å². The zero-order valence-corrected chi connectivity index (χ0v) is 36.3. The molecule has 0 fully saturated rings. The van der Waals surface area contributed by atoms with Gasteiger partial charge in [-0.25, -0.2) is 0 Å². The molecule has 0 saturated carbocycles. The van der Waals surface area contributed by atoms with Crippen molar-refractivity contribution in [1.29, 1.82) is 0 Å². The lowest BCUT2D eigenvalue weighted by molar-refractivity contribution is 0.760. The molecule has 2 bridgehead atoms. The van der Waals surface area contributed by atoms with Crippen molar-refractivity contribution in [3.8, 4) is 27.9 Å². The molecule has 3 aliphatic rings. The molecular weight excluding hydrogens is 787 g/mol. The fourth-order valence-electron chi connectivity index (χ4n) is 11.8. The van der Waals surface area contributed by atoms with Crippen molar-refractivity contribution < 1.29 is 0 Å². The van der Waals surface area contributed by atoms with Crippen molar-refractivity contribution in [2.45, 2.75) is 11.8 Å². The summed E-state index contributed by atoms with van der Waals surface area (Å²) in [6, 6.07) is 93.9. The molecule has 10 aromatic carbocycles. The summed E-state index contributed by atoms with van der Waals surface area (Å²) >= 11 is 0. The van der Waals surface area contributed by atoms with E-state index in [0.29, 0.717) is 0 Å². The smallest absolute Gasteiger partial charge is 0.179 e. The van der Waals surface area contributed by atoms with Crippen LogP contribution in [-0.4, -0.2) is 12.6 Å². The molecule has 2 heteroatoms. The van der Waals surface area contributed by atoms with Crippen molar-refractivity contribution in [2.75, 3.05) is 0 Å². The van der Waals surface area contributed by atoms with Crippen molar-refractivity contribution in [3.05, 3.63) is 282 Å². The Balaban J connectivity index is 1.08. The van der Waals surface area contributed by atoms with Gasteiger partial charge in [0.05, 0.1) is 11.0 Å². The Kier molecular flexibility index (Phi) is 8.44. The number of hydrogen-bond donors (Lipinski definition) is 0. The van der Waals surface area contributed by atoms with Crippen LogP contribution in [0.2, 0.25) is 0 Å². The first kappa shape index (κ1) is 36.8. The molecule has 2 atom stereocenters. The molecule has 0 radical (unpaired) electrons. The van der Waals surface area contributed by atoms with E-state index in [4.69, 9.17) is 0 Å². The molecule has 1 aromatic heterocycles. The molecule has 14 rings (SSSR count). The van der Waals surface area contributed by atoms with E-state index in [2.05, 4.69) is 253 Å². The van der Waals surface area contributed by atoms with E-state index < -0.39 is 8.07 Å². The number of aromatic nitrogens is 1. The van der Waals surface area contributed by atoms with Gasteiger partial charge in [0.25, 0.3) is 0 Å². The van der Waals surface area contributed by atoms with Gasteiger partial charge in [0, 0.05) is 28.3 Å². The third-order valence-electron chi connectivity index (χ3n) is 14.3. The van der Waals surface area contributed by atoms with Gasteiger partial charge in [0.15, 0.2) is 8.07 Å². The Bertz CT molecular complexity index is 3500. The van der Waals surface area contributed by atoms with Crippen LogP contribution >= 0.6 is 0 Å². The molecule has 0 aliphatic heterocycles. The molecule has 0 N–H and O–H groups in total. The van der Waals surface area contributed by atoms with E-state index in [-0.39, 0.29) is 11.8 Å². The molecule has 2 unspecified atom stereocenters. The highest BCUT2D eigenvalue weighted by atomic mass is 28.3. The van der Waals surface area contributed by atoms with Crippen LogP contribution in [-0.2, 0) is 0 Å². The van der Waals surface area contributed by atoms with E-state index in [0.717, 1.165) is 0 Å². The van der Waals surface area contributed by atoms with Gasteiger partial charge in [0.1, 0.15) is 0 Å². The zero-order chi connectivity index (χ0) is 42.2. The van der Waals surface area contributed by atoms with Gasteiger partial charge in [-0.05, 0) is 107 Å². The van der Waals surface area contributed by atoms with Gasteiger partial charge in [-0.15, -0.1) is 0 Å². The highest BCUT2D eigenvalue weighted by molar-refractivity contribution is 7.20. The van der Waals surface area contributed by atoms with Gasteiger partial charge in [-0.1, -0.05) is 218 Å². The first-order valence-electron chi connectivity index (χ1n) is 22.5. The van der Waals surface area contributed by atoms with E-state index in [1.165, 1.54) is 104 Å². The first-order chi connectivity index (χ1) is 31.8. The minimum absolute atomic E-state index is 0.0443. The molecule has 1 nitrogen and oxygen atoms in total. The summed E-state index contributed by atoms with van der Waals surface area (Å²) in [6.45, 7) is 0. The summed E-state index contributed by atoms with van der Waals surface area (Å²) in [7, 11) is -2.98. The standard InChI is InChI=1S/C62H43NSi/c1-5-19-42(20-6-1)43-35-38-48(39-36-43)64(46-23-9-3-10-24-46,47-25-11-4-12-26-47)58-34-18-32-54-59-51-28-13-14-29-52(51)62(61(54)58)60-49(30-17-31-53(59)60)44-37-40-57-55(41-44)50-27-15-16-33-56(50)63(57)45-21-7-2-8-22-45/h1-41,59,62H. The Morgan fingerprint density at radius 2 is 0.812 bits per heavy atom. The maximum absolute atomic E-state index is 2.98. The van der Waals surface area contributed by atoms with Crippen LogP contribution in [0.25, 0.3) is 49.7 Å². The lowest BCUT2D eigenvalue weighted by atomic mass is 9.60. The summed E-state index contributed by atoms with van der Waals surface area (Å²) in [5, 5.41) is 8.20. The number of benzene rings is 10. The largest absolute Gasteiger partial charge is 0.309 e. The summed E-state index contributed by atoms with van der Waals surface area (Å²) in [5.41, 5.74) is 17.3. The van der Waals surface area contributed by atoms with Gasteiger partial charge < -0.3 is 4.57 Å². The Morgan fingerprint density at radius 1 is 0.312 bits per heavy atom. The Morgan fingerprint density at radius 3 is 1.52 bits per heavy atom. The number of rotatable bonds is 7. The van der Waals surface area contributed by atoms with Crippen LogP contribution in [0.3, 0.4) is 0 Å². The second-order valence-corrected chi connectivity index (χ2v) is 21.2. The molecular formula is C62H43NSi. The maximum atomic E-state index is 2.51. The topological polar surface area (TPSA) is 4.93 Å². The van der Waals surface area contributed by atoms with E-state index in [9.17, 15) is 0 Å². The van der Waals surface area contributed by atoms with Crippen molar-refractivity contribution in [1.82, 2.24) is 4.57 Å². The summed E-state index contributed by atoms with van der Waals surface area (Å²) in [4.78, 5) is 0. The third kappa shape index (κ3) is 5.36. The fraction of sp³-hybridized carbons (Fsp3) is 0.0323. The first-order valence-corrected chi connectivity index (χ1v) is 24.5. The number of hydrogen-bond acceptors (Lipinski definition) is 0. The van der Waals surface area contributed by atoms with Gasteiger partial charge in [0.2, 0.25) is 0 Å². The quantitative estimate of drug-likeness (QED) is 0.111. The van der Waals surface area contributed by atoms with Crippen LogP contribution in [0.15, 0.2) is 249 Å². The average Bonchev–Trinajstić information content (AvgIpc) is 3.71. The van der Waals surface area contributed by atoms with E-state index in [1.54, 1.807) is 0 Å². The van der Waals surface area contributed by atoms with Crippen LogP contribution in [0.4, 0.5) is 0 Å². The minimum atomic E-state index is -2.98. The van der Waals surface area contributed by atoms with Crippen LogP contribution < -0.4 is 20.7 Å². The van der Waals surface area contributed by atoms with E-state index >= 15 is 0 Å². The summed E-state index contributed by atoms with van der Waals surface area (Å²) in [5.74, 6) is 0.163. The fourth-order valence-corrected chi connectivity index (χ4v) is 16.8. The monoisotopic (exact) mass is 829 g/mol. The molecule has 0 amide bonds. The van der Waals surface area contributed by atoms with E-state index in [1.807, 2.05) is 0 Å². The average molecular weight is 830 g/mol. The predicted molar refractivity (Wildman–Crippen MR) is 270 cm³/mol. The second-order valence-electron chi connectivity index (χ2n) is 17.5. The lowest BCUT2D eigenvalue weighted by Crippen LogP contribution is -2.75. The molecule has 64 heavy (non-hydrogen) atoms. The molecule has 3 aliphatic carbocycles. The highest BCUT2D eigenvalue weighted by Gasteiger charge is 2.49. The highest BCUT2D eigenvalue weighted by Crippen LogP contribution is 2.57. The summed E-state index contributed by atoms with van der Waals surface area (Å²) < 4.78 is 2.42. The Hall–Kier alpha value is -7.78. The molecule has 1 heterocycles. The molecule has 300 valence electrons. The van der Waals surface area contributed by atoms with Crippen molar-refractivity contribution in [2.24, 2.45) is 0 Å². The zero-order valence-electron chi connectivity index (χ0n) is 35.3. The number of fused-ring (bicyclic) bond motifs is 3. The molecule has 0 saturated heterocycles. The van der Waals surface area contributed by atoms with Crippen LogP contribution in [0.1, 0.15) is 45.2 Å². The normalized spacial score (nSPS) is 14.9. The Labute approximate surface area is 375 Å². The maximum Gasteiger partial charge on any atom is 0.179 e. The lowest BCUT2D eigenvalue weighted by Gasteiger charge is -2.47. The second kappa shape index (κ2) is 14.7. The predicted octanol–water partition coefficient (Wildman–Crippen LogP) is 12.5. The number of nitrogens with zero attached hydrogens (tertiary/aromatic N) is 1. The van der Waals surface area contributed by atoms with Gasteiger partial charge in [-0.2, -0.15) is 0 Å². The van der Waals surface area contributed by atoms with Crippen LogP contribution in [0.5, 0.6) is 0 Å². The summed E-state index contributed by atoms with van der Waals surface area (Å²) in [6.07, 6.45) is 0. The SMILES string of the molecule is c1ccc(-c2ccc([Si](c3ccccc3)(c3ccccc3)c3cccc4c3C3c5ccccc5C4c4cccc(-c5ccc6c(c5)c5ccccc5n6-c5ccccc5)c43)cc2)cc1.